The van der Waals surface area contributed by atoms with Gasteiger partial charge in [-0.3, -0.25) is 9.69 Å². The second-order valence-electron chi connectivity index (χ2n) is 9.38. The molecule has 172 valence electrons. The molecule has 1 aliphatic carbocycles. The summed E-state index contributed by atoms with van der Waals surface area (Å²) in [6, 6.07) is 13.6. The largest absolute Gasteiger partial charge is 0.352 e. The predicted octanol–water partition coefficient (Wildman–Crippen LogP) is 3.89. The highest BCUT2D eigenvalue weighted by molar-refractivity contribution is 7.91. The zero-order valence-corrected chi connectivity index (χ0v) is 19.8. The average Bonchev–Trinajstić information content (AvgIpc) is 3.25. The van der Waals surface area contributed by atoms with Crippen LogP contribution >= 0.6 is 0 Å². The topological polar surface area (TPSA) is 66.5 Å². The van der Waals surface area contributed by atoms with Crippen molar-refractivity contribution in [1.82, 2.24) is 10.2 Å². The van der Waals surface area contributed by atoms with Gasteiger partial charge >= 0.3 is 0 Å². The number of nitrogens with zero attached hydrogens (tertiary/aromatic N) is 1. The molecule has 32 heavy (non-hydrogen) atoms. The molecule has 1 amide bonds. The van der Waals surface area contributed by atoms with E-state index in [1.807, 2.05) is 24.3 Å². The molecule has 1 aliphatic heterocycles. The minimum Gasteiger partial charge on any atom is -0.352 e. The van der Waals surface area contributed by atoms with Gasteiger partial charge in [-0.2, -0.15) is 0 Å². The van der Waals surface area contributed by atoms with Crippen LogP contribution in [0.25, 0.3) is 0 Å². The van der Waals surface area contributed by atoms with Crippen molar-refractivity contribution in [2.45, 2.75) is 63.4 Å². The number of aryl methyl sites for hydroxylation is 2. The van der Waals surface area contributed by atoms with E-state index in [-0.39, 0.29) is 18.1 Å². The quantitative estimate of drug-likeness (QED) is 0.657. The predicted molar refractivity (Wildman–Crippen MR) is 127 cm³/mol. The van der Waals surface area contributed by atoms with E-state index in [9.17, 15) is 13.2 Å². The number of carbonyl (C=O) groups is 1. The van der Waals surface area contributed by atoms with Gasteiger partial charge in [-0.15, -0.1) is 0 Å². The molecule has 6 heteroatoms. The van der Waals surface area contributed by atoms with Crippen LogP contribution in [0.5, 0.6) is 0 Å². The molecular weight excluding hydrogens is 420 g/mol. The minimum absolute atomic E-state index is 0.0226. The molecule has 2 aromatic carbocycles. The zero-order valence-electron chi connectivity index (χ0n) is 19.0. The number of benzene rings is 2. The molecule has 5 nitrogen and oxygen atoms in total. The van der Waals surface area contributed by atoms with Crippen LogP contribution in [0.1, 0.15) is 54.9 Å². The Hall–Kier alpha value is -2.18. The van der Waals surface area contributed by atoms with Crippen LogP contribution in [-0.2, 0) is 40.6 Å². The molecule has 0 aromatic heterocycles. The summed E-state index contributed by atoms with van der Waals surface area (Å²) in [5.74, 6) is 0.338. The van der Waals surface area contributed by atoms with E-state index in [1.54, 1.807) is 12.1 Å². The average molecular weight is 455 g/mol. The van der Waals surface area contributed by atoms with Crippen LogP contribution in [0.2, 0.25) is 0 Å². The van der Waals surface area contributed by atoms with E-state index in [0.717, 1.165) is 55.9 Å². The Kier molecular flexibility index (Phi) is 7.31. The highest BCUT2D eigenvalue weighted by Crippen LogP contribution is 2.25. The van der Waals surface area contributed by atoms with Gasteiger partial charge in [0.05, 0.1) is 10.6 Å². The number of likely N-dealkylation sites (tertiary alicyclic amines) is 1. The monoisotopic (exact) mass is 454 g/mol. The minimum atomic E-state index is -3.46. The molecule has 2 aromatic rings. The van der Waals surface area contributed by atoms with Gasteiger partial charge in [0, 0.05) is 26.1 Å². The summed E-state index contributed by atoms with van der Waals surface area (Å²) < 4.78 is 25.5. The van der Waals surface area contributed by atoms with E-state index >= 15 is 0 Å². The first-order valence-corrected chi connectivity index (χ1v) is 13.5. The standard InChI is InChI=1S/C26H34N2O3S/c1-20-6-5-14-28(18-20)19-24-8-3-2-7-23(24)17-27-26(29)13-15-32(30,31)25-12-11-21-9-4-10-22(21)16-25/h2-3,7-8,11-12,16,20H,4-6,9-10,13-15,17-19H2,1H3,(H,27,29). The fraction of sp³-hybridized carbons (Fsp3) is 0.500. The fourth-order valence-electron chi connectivity index (χ4n) is 4.92. The summed E-state index contributed by atoms with van der Waals surface area (Å²) in [7, 11) is -3.46. The number of nitrogens with one attached hydrogen (secondary N) is 1. The van der Waals surface area contributed by atoms with Gasteiger partial charge in [0.15, 0.2) is 9.84 Å². The van der Waals surface area contributed by atoms with Gasteiger partial charge in [-0.05, 0) is 79.0 Å². The Morgan fingerprint density at radius 3 is 2.66 bits per heavy atom. The molecule has 1 unspecified atom stereocenters. The molecule has 2 aliphatic rings. The van der Waals surface area contributed by atoms with Crippen LogP contribution in [0.15, 0.2) is 47.4 Å². The van der Waals surface area contributed by atoms with Crippen molar-refractivity contribution >= 4 is 15.7 Å². The Morgan fingerprint density at radius 1 is 1.06 bits per heavy atom. The van der Waals surface area contributed by atoms with Gasteiger partial charge in [0.25, 0.3) is 0 Å². The van der Waals surface area contributed by atoms with Crippen LogP contribution < -0.4 is 5.32 Å². The highest BCUT2D eigenvalue weighted by atomic mass is 32.2. The first kappa shape index (κ1) is 23.0. The maximum atomic E-state index is 12.7. The maximum absolute atomic E-state index is 12.7. The zero-order chi connectivity index (χ0) is 22.6. The van der Waals surface area contributed by atoms with Crippen molar-refractivity contribution in [2.24, 2.45) is 5.92 Å². The Morgan fingerprint density at radius 2 is 1.84 bits per heavy atom. The molecular formula is C26H34N2O3S. The molecule has 4 rings (SSSR count). The lowest BCUT2D eigenvalue weighted by molar-refractivity contribution is -0.120. The number of fused-ring (bicyclic) bond motifs is 1. The van der Waals surface area contributed by atoms with Crippen molar-refractivity contribution in [3.63, 3.8) is 0 Å². The van der Waals surface area contributed by atoms with Crippen molar-refractivity contribution in [3.8, 4) is 0 Å². The summed E-state index contributed by atoms with van der Waals surface area (Å²) >= 11 is 0. The molecule has 0 saturated carbocycles. The second kappa shape index (κ2) is 10.2. The molecule has 1 N–H and O–H groups in total. The summed E-state index contributed by atoms with van der Waals surface area (Å²) in [6.45, 7) is 5.85. The Balaban J connectivity index is 1.30. The molecule has 0 spiro atoms. The number of sulfone groups is 1. The first-order valence-electron chi connectivity index (χ1n) is 11.8. The fourth-order valence-corrected chi connectivity index (χ4v) is 6.21. The summed E-state index contributed by atoms with van der Waals surface area (Å²) in [4.78, 5) is 15.3. The highest BCUT2D eigenvalue weighted by Gasteiger charge is 2.20. The number of amides is 1. The van der Waals surface area contributed by atoms with Crippen molar-refractivity contribution in [2.75, 3.05) is 18.8 Å². The van der Waals surface area contributed by atoms with Crippen molar-refractivity contribution < 1.29 is 13.2 Å². The lowest BCUT2D eigenvalue weighted by atomic mass is 9.99. The second-order valence-corrected chi connectivity index (χ2v) is 11.5. The number of carbonyl (C=O) groups excluding carboxylic acids is 1. The van der Waals surface area contributed by atoms with Gasteiger partial charge < -0.3 is 5.32 Å². The van der Waals surface area contributed by atoms with Gasteiger partial charge in [-0.25, -0.2) is 8.42 Å². The number of hydrogen-bond acceptors (Lipinski definition) is 4. The smallest absolute Gasteiger partial charge is 0.221 e. The van der Waals surface area contributed by atoms with E-state index < -0.39 is 9.84 Å². The molecule has 0 radical (unpaired) electrons. The molecule has 1 saturated heterocycles. The van der Waals surface area contributed by atoms with E-state index in [4.69, 9.17) is 0 Å². The maximum Gasteiger partial charge on any atom is 0.221 e. The lowest BCUT2D eigenvalue weighted by Gasteiger charge is -2.31. The Labute approximate surface area is 192 Å². The molecule has 1 fully saturated rings. The Bertz CT molecular complexity index is 1060. The number of hydrogen-bond donors (Lipinski definition) is 1. The third-order valence-electron chi connectivity index (χ3n) is 6.76. The van der Waals surface area contributed by atoms with Crippen molar-refractivity contribution in [1.29, 1.82) is 0 Å². The van der Waals surface area contributed by atoms with Gasteiger partial charge in [0.2, 0.25) is 5.91 Å². The number of rotatable bonds is 8. The first-order chi connectivity index (χ1) is 15.4. The van der Waals surface area contributed by atoms with Gasteiger partial charge in [0.1, 0.15) is 0 Å². The SMILES string of the molecule is CC1CCCN(Cc2ccccc2CNC(=O)CCS(=O)(=O)c2ccc3c(c2)CCC3)C1. The summed E-state index contributed by atoms with van der Waals surface area (Å²) in [5.41, 5.74) is 4.71. The number of piperidine rings is 1. The third kappa shape index (κ3) is 5.78. The van der Waals surface area contributed by atoms with E-state index in [2.05, 4.69) is 23.2 Å². The van der Waals surface area contributed by atoms with E-state index in [0.29, 0.717) is 11.4 Å². The van der Waals surface area contributed by atoms with Crippen LogP contribution in [0.4, 0.5) is 0 Å². The summed E-state index contributed by atoms with van der Waals surface area (Å²) in [5, 5.41) is 2.93. The van der Waals surface area contributed by atoms with Crippen LogP contribution in [-0.4, -0.2) is 38.1 Å². The molecule has 1 atom stereocenters. The molecule has 0 bridgehead atoms. The summed E-state index contributed by atoms with van der Waals surface area (Å²) in [6.07, 6.45) is 5.55. The lowest BCUT2D eigenvalue weighted by Crippen LogP contribution is -2.34. The molecule has 1 heterocycles. The third-order valence-corrected chi connectivity index (χ3v) is 8.47. The normalized spacial score (nSPS) is 19.0. The van der Waals surface area contributed by atoms with Gasteiger partial charge in [-0.1, -0.05) is 37.3 Å². The van der Waals surface area contributed by atoms with Crippen LogP contribution in [0, 0.1) is 5.92 Å². The van der Waals surface area contributed by atoms with Crippen molar-refractivity contribution in [3.05, 3.63) is 64.7 Å². The van der Waals surface area contributed by atoms with E-state index in [1.165, 1.54) is 24.0 Å². The van der Waals surface area contributed by atoms with Crippen LogP contribution in [0.3, 0.4) is 0 Å².